The molecule has 9 heteroatoms. The van der Waals surface area contributed by atoms with E-state index in [9.17, 15) is 24.6 Å². The van der Waals surface area contributed by atoms with Crippen LogP contribution in [0.25, 0.3) is 0 Å². The van der Waals surface area contributed by atoms with Crippen LogP contribution in [0.1, 0.15) is 54.4 Å². The second-order valence-electron chi connectivity index (χ2n) is 11.0. The molecule has 0 aromatic rings. The molecule has 37 heavy (non-hydrogen) atoms. The van der Waals surface area contributed by atoms with Crippen molar-refractivity contribution in [1.82, 2.24) is 4.90 Å². The number of rotatable bonds is 3. The Hall–Kier alpha value is -1.91. The Bertz CT molecular complexity index is 855. The van der Waals surface area contributed by atoms with Crippen LogP contribution < -0.4 is 0 Å². The third-order valence-electron chi connectivity index (χ3n) is 7.63. The molecule has 9 nitrogen and oxygen atoms in total. The minimum absolute atomic E-state index is 0.0492. The van der Waals surface area contributed by atoms with Crippen LogP contribution in [-0.4, -0.2) is 89.6 Å². The molecule has 0 aromatic heterocycles. The van der Waals surface area contributed by atoms with E-state index in [2.05, 4.69) is 0 Å². The second-order valence-corrected chi connectivity index (χ2v) is 11.0. The minimum Gasteiger partial charge on any atom is -0.462 e. The molecule has 0 radical (unpaired) electrons. The van der Waals surface area contributed by atoms with E-state index in [0.29, 0.717) is 6.42 Å². The number of aliphatic hydroxyl groups excluding tert-OH is 2. The summed E-state index contributed by atoms with van der Waals surface area (Å²) in [4.78, 5) is 40.2. The van der Waals surface area contributed by atoms with Gasteiger partial charge < -0.3 is 29.3 Å². The summed E-state index contributed by atoms with van der Waals surface area (Å²) >= 11 is 0. The van der Waals surface area contributed by atoms with Crippen molar-refractivity contribution in [3.8, 4) is 0 Å². The Labute approximate surface area is 220 Å². The number of ether oxygens (including phenoxy) is 3. The maximum absolute atomic E-state index is 13.2. The summed E-state index contributed by atoms with van der Waals surface area (Å²) in [5.74, 6) is -2.49. The van der Waals surface area contributed by atoms with Gasteiger partial charge in [0.05, 0.1) is 24.4 Å². The zero-order valence-electron chi connectivity index (χ0n) is 23.4. The van der Waals surface area contributed by atoms with Gasteiger partial charge in [-0.15, -0.1) is 0 Å². The first-order chi connectivity index (χ1) is 17.2. The Balaban J connectivity index is 2.36. The molecular formula is C28H45NO8. The van der Waals surface area contributed by atoms with Crippen LogP contribution in [0.2, 0.25) is 0 Å². The average Bonchev–Trinajstić information content (AvgIpc) is 2.81. The SMILES string of the molecule is C[C@@H]1C[C@H](C)[C@H](O[C@@H]2O[C@H](C)C(O)C(N(C)C)C2O)[C@@H](C)C(=O)CC(=O)O[C@H](C)[C@@H](C)/C=C/C=C/C1=O. The van der Waals surface area contributed by atoms with Gasteiger partial charge in [-0.1, -0.05) is 45.9 Å². The number of carbonyl (C=O) groups excluding carboxylic acids is 3. The number of hydrogen-bond donors (Lipinski definition) is 2. The number of Topliss-reactive ketones (excluding diaryl/α,β-unsaturated/α-hetero) is 1. The van der Waals surface area contributed by atoms with E-state index in [1.807, 2.05) is 26.8 Å². The lowest BCUT2D eigenvalue weighted by Gasteiger charge is -2.46. The monoisotopic (exact) mass is 523 g/mol. The van der Waals surface area contributed by atoms with E-state index in [-0.39, 0.29) is 29.3 Å². The second kappa shape index (κ2) is 13.8. The summed E-state index contributed by atoms with van der Waals surface area (Å²) in [6, 6.07) is -0.640. The molecule has 210 valence electrons. The predicted octanol–water partition coefficient (Wildman–Crippen LogP) is 2.29. The molecule has 0 aliphatic carbocycles. The smallest absolute Gasteiger partial charge is 0.313 e. The molecule has 11 atom stereocenters. The number of ketones is 2. The van der Waals surface area contributed by atoms with E-state index < -0.39 is 61.2 Å². The fourth-order valence-electron chi connectivity index (χ4n) is 5.00. The minimum atomic E-state index is -1.18. The van der Waals surface area contributed by atoms with Crippen LogP contribution >= 0.6 is 0 Å². The highest BCUT2D eigenvalue weighted by Crippen LogP contribution is 2.31. The zero-order valence-corrected chi connectivity index (χ0v) is 23.4. The zero-order chi connectivity index (χ0) is 28.0. The normalized spacial score (nSPS) is 42.9. The number of esters is 1. The lowest BCUT2D eigenvalue weighted by atomic mass is 9.82. The molecular weight excluding hydrogens is 478 g/mol. The highest BCUT2D eigenvalue weighted by atomic mass is 16.7. The summed E-state index contributed by atoms with van der Waals surface area (Å²) in [5.41, 5.74) is 0. The predicted molar refractivity (Wildman–Crippen MR) is 138 cm³/mol. The Morgan fingerprint density at radius 2 is 1.59 bits per heavy atom. The fourth-order valence-corrected chi connectivity index (χ4v) is 5.00. The highest BCUT2D eigenvalue weighted by Gasteiger charge is 2.46. The van der Waals surface area contributed by atoms with Gasteiger partial charge in [0, 0.05) is 17.8 Å². The van der Waals surface area contributed by atoms with Gasteiger partial charge in [0.25, 0.3) is 0 Å². The van der Waals surface area contributed by atoms with Gasteiger partial charge in [0.15, 0.2) is 12.1 Å². The molecule has 3 unspecified atom stereocenters. The maximum atomic E-state index is 13.2. The van der Waals surface area contributed by atoms with Crippen LogP contribution in [0.5, 0.6) is 0 Å². The Morgan fingerprint density at radius 1 is 0.946 bits per heavy atom. The van der Waals surface area contributed by atoms with Crippen LogP contribution in [0.4, 0.5) is 0 Å². The first-order valence-electron chi connectivity index (χ1n) is 13.2. The number of nitrogens with zero attached hydrogens (tertiary/aromatic N) is 1. The average molecular weight is 524 g/mol. The summed E-state index contributed by atoms with van der Waals surface area (Å²) in [7, 11) is 3.49. The van der Waals surface area contributed by atoms with Crippen LogP contribution in [0.3, 0.4) is 0 Å². The Kier molecular flexibility index (Phi) is 11.6. The van der Waals surface area contributed by atoms with Crippen LogP contribution in [0.15, 0.2) is 24.3 Å². The quantitative estimate of drug-likeness (QED) is 0.424. The third kappa shape index (κ3) is 8.29. The van der Waals surface area contributed by atoms with Gasteiger partial charge in [-0.25, -0.2) is 0 Å². The summed E-state index contributed by atoms with van der Waals surface area (Å²) in [6.07, 6.45) is 1.77. The topological polar surface area (TPSA) is 123 Å². The van der Waals surface area contributed by atoms with E-state index in [1.54, 1.807) is 51.9 Å². The summed E-state index contributed by atoms with van der Waals surface area (Å²) in [6.45, 7) is 10.7. The number of cyclic esters (lactones) is 1. The molecule has 2 heterocycles. The fraction of sp³-hybridized carbons (Fsp3) is 0.750. The third-order valence-corrected chi connectivity index (χ3v) is 7.63. The number of likely N-dealkylation sites (N-methyl/N-ethyl adjacent to an activating group) is 1. The molecule has 0 bridgehead atoms. The van der Waals surface area contributed by atoms with Gasteiger partial charge in [-0.05, 0) is 46.4 Å². The van der Waals surface area contributed by atoms with E-state index >= 15 is 0 Å². The van der Waals surface area contributed by atoms with Crippen LogP contribution in [-0.2, 0) is 28.6 Å². The van der Waals surface area contributed by atoms with Gasteiger partial charge in [0.2, 0.25) is 0 Å². The van der Waals surface area contributed by atoms with Gasteiger partial charge in [0.1, 0.15) is 24.4 Å². The lowest BCUT2D eigenvalue weighted by Crippen LogP contribution is -2.63. The molecule has 0 amide bonds. The van der Waals surface area contributed by atoms with Crippen molar-refractivity contribution in [3.63, 3.8) is 0 Å². The number of allylic oxidation sites excluding steroid dienone is 3. The van der Waals surface area contributed by atoms with Crippen LogP contribution in [0, 0.1) is 23.7 Å². The largest absolute Gasteiger partial charge is 0.462 e. The van der Waals surface area contributed by atoms with Crippen molar-refractivity contribution in [2.45, 2.75) is 97.2 Å². The van der Waals surface area contributed by atoms with Crippen molar-refractivity contribution in [2.75, 3.05) is 14.1 Å². The van der Waals surface area contributed by atoms with Crippen molar-refractivity contribution in [2.24, 2.45) is 23.7 Å². The van der Waals surface area contributed by atoms with E-state index in [1.165, 1.54) is 6.08 Å². The lowest BCUT2D eigenvalue weighted by molar-refractivity contribution is -0.300. The van der Waals surface area contributed by atoms with Crippen molar-refractivity contribution >= 4 is 17.5 Å². The number of carbonyl (C=O) groups is 3. The molecule has 0 spiro atoms. The molecule has 2 N–H and O–H groups in total. The van der Waals surface area contributed by atoms with Gasteiger partial charge in [-0.2, -0.15) is 0 Å². The molecule has 0 saturated carbocycles. The van der Waals surface area contributed by atoms with Crippen molar-refractivity contribution in [3.05, 3.63) is 24.3 Å². The molecule has 0 aromatic carbocycles. The van der Waals surface area contributed by atoms with Gasteiger partial charge in [-0.3, -0.25) is 14.4 Å². The maximum Gasteiger partial charge on any atom is 0.313 e. The van der Waals surface area contributed by atoms with E-state index in [0.717, 1.165) is 0 Å². The molecule has 2 rings (SSSR count). The Morgan fingerprint density at radius 3 is 2.22 bits per heavy atom. The summed E-state index contributed by atoms with van der Waals surface area (Å²) in [5, 5.41) is 21.5. The molecule has 1 saturated heterocycles. The summed E-state index contributed by atoms with van der Waals surface area (Å²) < 4.78 is 17.6. The molecule has 2 aliphatic heterocycles. The first-order valence-corrected chi connectivity index (χ1v) is 13.2. The molecule has 1 fully saturated rings. The van der Waals surface area contributed by atoms with Crippen molar-refractivity contribution < 1.29 is 38.8 Å². The highest BCUT2D eigenvalue weighted by molar-refractivity contribution is 5.97. The first kappa shape index (κ1) is 31.3. The van der Waals surface area contributed by atoms with Gasteiger partial charge >= 0.3 is 5.97 Å². The van der Waals surface area contributed by atoms with E-state index in [4.69, 9.17) is 14.2 Å². The molecule has 2 aliphatic rings. The number of hydrogen-bond acceptors (Lipinski definition) is 9. The van der Waals surface area contributed by atoms with Crippen molar-refractivity contribution in [1.29, 1.82) is 0 Å². The standard InChI is InChI=1S/C28H45NO8/c1-15-11-9-10-12-21(30)16(2)13-17(3)27(18(4)22(31)14-23(32)35-19(15)5)37-28-26(34)24(29(7)8)25(33)20(6)36-28/h9-12,15-20,24-28,33-34H,13-14H2,1-8H3/b11-9+,12-10+/t15-,16+,17-,18-,19+,20+,24?,25?,26?,27-,28-/m0/s1. The number of aliphatic hydroxyl groups is 2.